The molecular weight excluding hydrogens is 502 g/mol. The molecule has 0 bridgehead atoms. The number of fused-ring (bicyclic) bond motifs is 1. The first kappa shape index (κ1) is 27.3. The summed E-state index contributed by atoms with van der Waals surface area (Å²) >= 11 is 1.33. The van der Waals surface area contributed by atoms with Gasteiger partial charge in [0.15, 0.2) is 16.3 Å². The molecule has 1 amide bonds. The van der Waals surface area contributed by atoms with E-state index in [2.05, 4.69) is 18.2 Å². The highest BCUT2D eigenvalue weighted by Gasteiger charge is 2.22. The van der Waals surface area contributed by atoms with Crippen molar-refractivity contribution in [3.8, 4) is 11.5 Å². The van der Waals surface area contributed by atoms with Crippen LogP contribution in [-0.2, 0) is 21.3 Å². The van der Waals surface area contributed by atoms with Gasteiger partial charge in [0.1, 0.15) is 0 Å². The average molecular weight is 532 g/mol. The van der Waals surface area contributed by atoms with Crippen molar-refractivity contribution >= 4 is 37.5 Å². The first-order valence-electron chi connectivity index (χ1n) is 11.0. The third-order valence-electron chi connectivity index (χ3n) is 5.31. The SMILES string of the molecule is C=CCN(CC=C)S(=O)(=O)c1ccc(C(=O)N=c2sc3cc(OC)c(OC)cc3n2CCOC)cc1. The summed E-state index contributed by atoms with van der Waals surface area (Å²) in [6.07, 6.45) is 3.01. The van der Waals surface area contributed by atoms with Gasteiger partial charge in [-0.15, -0.1) is 13.2 Å². The van der Waals surface area contributed by atoms with Gasteiger partial charge in [-0.25, -0.2) is 8.42 Å². The molecule has 11 heteroatoms. The third kappa shape index (κ3) is 5.76. The Hall–Kier alpha value is -3.25. The Bertz CT molecular complexity index is 1410. The number of ether oxygens (including phenoxy) is 3. The maximum atomic E-state index is 13.0. The molecule has 1 heterocycles. The smallest absolute Gasteiger partial charge is 0.279 e. The summed E-state index contributed by atoms with van der Waals surface area (Å²) < 4.78 is 45.9. The lowest BCUT2D eigenvalue weighted by molar-refractivity contribution is 0.0997. The molecule has 0 unspecified atom stereocenters. The summed E-state index contributed by atoms with van der Waals surface area (Å²) in [5, 5.41) is 0. The lowest BCUT2D eigenvalue weighted by atomic mass is 10.2. The zero-order valence-corrected chi connectivity index (χ0v) is 22.1. The van der Waals surface area contributed by atoms with Gasteiger partial charge in [0.2, 0.25) is 10.0 Å². The minimum Gasteiger partial charge on any atom is -0.493 e. The van der Waals surface area contributed by atoms with Crippen LogP contribution >= 0.6 is 11.3 Å². The summed E-state index contributed by atoms with van der Waals surface area (Å²) in [5.41, 5.74) is 1.09. The molecule has 0 fully saturated rings. The highest BCUT2D eigenvalue weighted by atomic mass is 32.2. The van der Waals surface area contributed by atoms with Gasteiger partial charge in [0.05, 0.1) is 35.9 Å². The Morgan fingerprint density at radius 1 is 1.06 bits per heavy atom. The van der Waals surface area contributed by atoms with Crippen LogP contribution in [0.3, 0.4) is 0 Å². The van der Waals surface area contributed by atoms with E-state index >= 15 is 0 Å². The number of hydrogen-bond acceptors (Lipinski definition) is 7. The van der Waals surface area contributed by atoms with Crippen LogP contribution in [0.2, 0.25) is 0 Å². The molecule has 0 radical (unpaired) electrons. The largest absolute Gasteiger partial charge is 0.493 e. The quantitative estimate of drug-likeness (QED) is 0.332. The lowest BCUT2D eigenvalue weighted by Gasteiger charge is -2.19. The molecule has 0 aliphatic heterocycles. The second-order valence-corrected chi connectivity index (χ2v) is 10.5. The molecule has 2 aromatic carbocycles. The van der Waals surface area contributed by atoms with E-state index in [4.69, 9.17) is 14.2 Å². The van der Waals surface area contributed by atoms with Gasteiger partial charge in [0.25, 0.3) is 5.91 Å². The van der Waals surface area contributed by atoms with Gasteiger partial charge in [-0.05, 0) is 24.3 Å². The van der Waals surface area contributed by atoms with Crippen molar-refractivity contribution in [2.24, 2.45) is 4.99 Å². The fraction of sp³-hybridized carbons (Fsp3) is 0.280. The molecule has 9 nitrogen and oxygen atoms in total. The number of sulfonamides is 1. The standard InChI is InChI=1S/C25H29N3O6S2/c1-6-12-27(13-7-2)36(30,31)19-10-8-18(9-11-19)24(29)26-25-28(14-15-32-3)20-16-21(33-4)22(34-5)17-23(20)35-25/h6-11,16-17H,1-2,12-15H2,3-5H3. The molecule has 3 rings (SSSR count). The van der Waals surface area contributed by atoms with E-state index in [-0.39, 0.29) is 23.5 Å². The normalized spacial score (nSPS) is 12.2. The van der Waals surface area contributed by atoms with E-state index in [1.807, 2.05) is 16.7 Å². The topological polar surface area (TPSA) is 99.4 Å². The summed E-state index contributed by atoms with van der Waals surface area (Å²) in [5.74, 6) is 0.636. The fourth-order valence-corrected chi connectivity index (χ4v) is 5.96. The first-order chi connectivity index (χ1) is 17.3. The van der Waals surface area contributed by atoms with E-state index < -0.39 is 15.9 Å². The summed E-state index contributed by atoms with van der Waals surface area (Å²) in [6, 6.07) is 9.38. The van der Waals surface area contributed by atoms with E-state index in [1.54, 1.807) is 21.3 Å². The van der Waals surface area contributed by atoms with Crippen molar-refractivity contribution in [1.29, 1.82) is 0 Å². The van der Waals surface area contributed by atoms with Crippen molar-refractivity contribution < 1.29 is 27.4 Å². The Labute approximate surface area is 214 Å². The molecular formula is C25H29N3O6S2. The number of benzene rings is 2. The van der Waals surface area contributed by atoms with Crippen molar-refractivity contribution in [2.75, 3.05) is 41.0 Å². The van der Waals surface area contributed by atoms with E-state index in [9.17, 15) is 13.2 Å². The third-order valence-corrected chi connectivity index (χ3v) is 8.20. The van der Waals surface area contributed by atoms with Crippen LogP contribution in [0.5, 0.6) is 11.5 Å². The second kappa shape index (κ2) is 12.1. The molecule has 0 atom stereocenters. The van der Waals surface area contributed by atoms with Crippen LogP contribution in [0.4, 0.5) is 0 Å². The monoisotopic (exact) mass is 531 g/mol. The number of carbonyl (C=O) groups excluding carboxylic acids is 1. The number of hydrogen-bond donors (Lipinski definition) is 0. The first-order valence-corrected chi connectivity index (χ1v) is 13.2. The van der Waals surface area contributed by atoms with Crippen LogP contribution in [0, 0.1) is 0 Å². The molecule has 0 aliphatic rings. The van der Waals surface area contributed by atoms with Crippen LogP contribution in [-0.4, -0.2) is 64.2 Å². The number of amides is 1. The molecule has 3 aromatic rings. The minimum atomic E-state index is -3.77. The number of aromatic nitrogens is 1. The molecule has 0 spiro atoms. The van der Waals surface area contributed by atoms with Crippen molar-refractivity contribution in [2.45, 2.75) is 11.4 Å². The van der Waals surface area contributed by atoms with Gasteiger partial charge in [-0.2, -0.15) is 9.30 Å². The zero-order chi connectivity index (χ0) is 26.3. The Kier molecular flexibility index (Phi) is 9.21. The molecule has 1 aromatic heterocycles. The Morgan fingerprint density at radius 3 is 2.22 bits per heavy atom. The maximum Gasteiger partial charge on any atom is 0.279 e. The van der Waals surface area contributed by atoms with Gasteiger partial charge in [-0.1, -0.05) is 23.5 Å². The number of rotatable bonds is 12. The van der Waals surface area contributed by atoms with Crippen LogP contribution in [0.25, 0.3) is 10.2 Å². The lowest BCUT2D eigenvalue weighted by Crippen LogP contribution is -2.31. The van der Waals surface area contributed by atoms with E-state index in [1.165, 1.54) is 52.1 Å². The fourth-order valence-electron chi connectivity index (χ4n) is 3.51. The summed E-state index contributed by atoms with van der Waals surface area (Å²) in [7, 11) is 0.950. The van der Waals surface area contributed by atoms with Crippen LogP contribution in [0.15, 0.2) is 71.6 Å². The molecule has 0 saturated carbocycles. The molecule has 0 N–H and O–H groups in total. The number of nitrogens with zero attached hydrogens (tertiary/aromatic N) is 3. The van der Waals surface area contributed by atoms with Crippen molar-refractivity contribution in [3.05, 3.63) is 72.1 Å². The van der Waals surface area contributed by atoms with Gasteiger partial charge >= 0.3 is 0 Å². The summed E-state index contributed by atoms with van der Waals surface area (Å²) in [4.78, 5) is 17.9. The van der Waals surface area contributed by atoms with Gasteiger partial charge in [-0.3, -0.25) is 4.79 Å². The number of thiazole rings is 1. The molecule has 0 aliphatic carbocycles. The van der Waals surface area contributed by atoms with Gasteiger partial charge in [0, 0.05) is 44.4 Å². The predicted molar refractivity (Wildman–Crippen MR) is 140 cm³/mol. The van der Waals surface area contributed by atoms with Gasteiger partial charge < -0.3 is 18.8 Å². The molecule has 36 heavy (non-hydrogen) atoms. The Balaban J connectivity index is 2.01. The van der Waals surface area contributed by atoms with Crippen molar-refractivity contribution in [3.63, 3.8) is 0 Å². The number of methoxy groups -OCH3 is 3. The zero-order valence-electron chi connectivity index (χ0n) is 20.5. The Morgan fingerprint density at radius 2 is 1.67 bits per heavy atom. The summed E-state index contributed by atoms with van der Waals surface area (Å²) in [6.45, 7) is 8.39. The van der Waals surface area contributed by atoms with Crippen LogP contribution in [0.1, 0.15) is 10.4 Å². The van der Waals surface area contributed by atoms with Crippen LogP contribution < -0.4 is 14.3 Å². The highest BCUT2D eigenvalue weighted by molar-refractivity contribution is 7.89. The number of carbonyl (C=O) groups is 1. The van der Waals surface area contributed by atoms with E-state index in [0.717, 1.165) is 10.2 Å². The minimum absolute atomic E-state index is 0.0685. The highest BCUT2D eigenvalue weighted by Crippen LogP contribution is 2.33. The molecule has 0 saturated heterocycles. The van der Waals surface area contributed by atoms with Crippen molar-refractivity contribution in [1.82, 2.24) is 8.87 Å². The maximum absolute atomic E-state index is 13.0. The van der Waals surface area contributed by atoms with E-state index in [0.29, 0.717) is 29.5 Å². The predicted octanol–water partition coefficient (Wildman–Crippen LogP) is 3.47. The average Bonchev–Trinajstić information content (AvgIpc) is 3.21. The molecule has 192 valence electrons. The second-order valence-electron chi connectivity index (χ2n) is 7.54.